The fourth-order valence-electron chi connectivity index (χ4n) is 4.23. The highest BCUT2D eigenvalue weighted by molar-refractivity contribution is 5.87. The van der Waals surface area contributed by atoms with Gasteiger partial charge in [-0.2, -0.15) is 44.8 Å². The van der Waals surface area contributed by atoms with Crippen LogP contribution in [0, 0.1) is 18.3 Å². The van der Waals surface area contributed by atoms with E-state index in [1.54, 1.807) is 13.0 Å². The van der Waals surface area contributed by atoms with Crippen molar-refractivity contribution < 1.29 is 39.5 Å². The van der Waals surface area contributed by atoms with Gasteiger partial charge in [-0.15, -0.1) is 0 Å². The summed E-state index contributed by atoms with van der Waals surface area (Å²) in [7, 11) is 0. The molecular weight excluding hydrogens is 511 g/mol. The molecule has 0 aliphatic rings. The van der Waals surface area contributed by atoms with E-state index in [-0.39, 0.29) is 34.6 Å². The van der Waals surface area contributed by atoms with E-state index in [0.717, 1.165) is 6.07 Å². The van der Waals surface area contributed by atoms with Crippen LogP contribution >= 0.6 is 0 Å². The summed E-state index contributed by atoms with van der Waals surface area (Å²) in [5, 5.41) is 8.95. The molecule has 0 aliphatic carbocycles. The van der Waals surface area contributed by atoms with E-state index in [0.29, 0.717) is 23.4 Å². The molecule has 0 bridgehead atoms. The van der Waals surface area contributed by atoms with Gasteiger partial charge in [0.05, 0.1) is 28.3 Å². The molecule has 0 aliphatic heterocycles. The summed E-state index contributed by atoms with van der Waals surface area (Å²) in [5.74, 6) is 0. The molecule has 0 unspecified atom stereocenters. The highest BCUT2D eigenvalue weighted by Gasteiger charge is 2.38. The first-order valence-electron chi connectivity index (χ1n) is 10.6. The van der Waals surface area contributed by atoms with Crippen LogP contribution in [-0.2, 0) is 25.1 Å². The van der Waals surface area contributed by atoms with Crippen LogP contribution in [0.4, 0.5) is 39.5 Å². The second-order valence-electron chi connectivity index (χ2n) is 8.40. The van der Waals surface area contributed by atoms with E-state index in [2.05, 4.69) is 0 Å². The van der Waals surface area contributed by atoms with Crippen LogP contribution in [0.5, 0.6) is 0 Å². The quantitative estimate of drug-likeness (QED) is 0.246. The van der Waals surface area contributed by atoms with Crippen LogP contribution in [0.3, 0.4) is 0 Å². The highest BCUT2D eigenvalue weighted by Crippen LogP contribution is 2.40. The normalized spacial score (nSPS) is 12.7. The maximum atomic E-state index is 13.7. The van der Waals surface area contributed by atoms with Gasteiger partial charge in [0.1, 0.15) is 0 Å². The number of aromatic nitrogens is 1. The van der Waals surface area contributed by atoms with Crippen molar-refractivity contribution in [1.29, 1.82) is 5.26 Å². The van der Waals surface area contributed by atoms with Gasteiger partial charge in [0, 0.05) is 23.1 Å². The summed E-state index contributed by atoms with van der Waals surface area (Å²) in [6, 6.07) is 12.2. The summed E-state index contributed by atoms with van der Waals surface area (Å²) >= 11 is 0. The van der Waals surface area contributed by atoms with Gasteiger partial charge in [-0.25, -0.2) is 0 Å². The van der Waals surface area contributed by atoms with Crippen LogP contribution in [0.25, 0.3) is 22.0 Å². The molecule has 1 aromatic heterocycles. The maximum Gasteiger partial charge on any atom is 0.418 e. The first kappa shape index (κ1) is 26.1. The molecule has 11 heteroatoms. The summed E-state index contributed by atoms with van der Waals surface area (Å²) in [4.78, 5) is 0. The number of hydrogen-bond acceptors (Lipinski definition) is 1. The molecule has 0 saturated carbocycles. The Balaban J connectivity index is 1.81. The Morgan fingerprint density at radius 1 is 0.730 bits per heavy atom. The minimum atomic E-state index is -5.01. The number of hydrogen-bond donors (Lipinski definition) is 0. The lowest BCUT2D eigenvalue weighted by atomic mass is 9.97. The molecule has 0 N–H and O–H groups in total. The van der Waals surface area contributed by atoms with Crippen LogP contribution < -0.4 is 0 Å². The number of alkyl halides is 9. The van der Waals surface area contributed by atoms with Crippen molar-refractivity contribution in [1.82, 2.24) is 4.57 Å². The predicted molar refractivity (Wildman–Crippen MR) is 117 cm³/mol. The molecular formula is C26H15F9N2. The van der Waals surface area contributed by atoms with Crippen LogP contribution in [0.15, 0.2) is 60.7 Å². The molecule has 2 nitrogen and oxygen atoms in total. The van der Waals surface area contributed by atoms with Crippen molar-refractivity contribution in [3.8, 4) is 17.2 Å². The molecule has 0 radical (unpaired) electrons. The first-order chi connectivity index (χ1) is 17.1. The molecule has 192 valence electrons. The Hall–Kier alpha value is -3.94. The van der Waals surface area contributed by atoms with Gasteiger partial charge < -0.3 is 4.57 Å². The molecule has 0 amide bonds. The Bertz CT molecular complexity index is 1500. The van der Waals surface area contributed by atoms with Crippen molar-refractivity contribution in [2.24, 2.45) is 0 Å². The van der Waals surface area contributed by atoms with E-state index >= 15 is 0 Å². The topological polar surface area (TPSA) is 28.7 Å². The Labute approximate surface area is 204 Å². The van der Waals surface area contributed by atoms with Crippen LogP contribution in [0.1, 0.15) is 33.5 Å². The van der Waals surface area contributed by atoms with Gasteiger partial charge in [-0.3, -0.25) is 0 Å². The van der Waals surface area contributed by atoms with Gasteiger partial charge in [-0.1, -0.05) is 18.2 Å². The lowest BCUT2D eigenvalue weighted by molar-refractivity contribution is -0.143. The monoisotopic (exact) mass is 526 g/mol. The van der Waals surface area contributed by atoms with Crippen molar-refractivity contribution >= 4 is 10.9 Å². The Morgan fingerprint density at radius 3 is 1.89 bits per heavy atom. The predicted octanol–water partition coefficient (Wildman–Crippen LogP) is 8.59. The number of halogens is 9. The number of aryl methyl sites for hydroxylation is 1. The van der Waals surface area contributed by atoms with E-state index < -0.39 is 40.8 Å². The zero-order valence-electron chi connectivity index (χ0n) is 18.8. The Morgan fingerprint density at radius 2 is 1.35 bits per heavy atom. The maximum absolute atomic E-state index is 13.7. The molecule has 0 spiro atoms. The van der Waals surface area contributed by atoms with Crippen molar-refractivity contribution in [2.75, 3.05) is 0 Å². The molecule has 0 fully saturated rings. The number of rotatable bonds is 3. The van der Waals surface area contributed by atoms with Gasteiger partial charge in [-0.05, 0) is 66.1 Å². The number of benzene rings is 3. The van der Waals surface area contributed by atoms with Crippen molar-refractivity contribution in [3.05, 3.63) is 94.2 Å². The van der Waals surface area contributed by atoms with Gasteiger partial charge in [0.2, 0.25) is 0 Å². The van der Waals surface area contributed by atoms with E-state index in [1.165, 1.54) is 41.0 Å². The lowest BCUT2D eigenvalue weighted by Crippen LogP contribution is -2.11. The van der Waals surface area contributed by atoms with Crippen molar-refractivity contribution in [3.63, 3.8) is 0 Å². The molecule has 4 aromatic rings. The average molecular weight is 526 g/mol. The molecule has 0 atom stereocenters. The molecule has 3 aromatic carbocycles. The highest BCUT2D eigenvalue weighted by atomic mass is 19.4. The summed E-state index contributed by atoms with van der Waals surface area (Å²) in [6.45, 7) is 1.54. The largest absolute Gasteiger partial charge is 0.418 e. The lowest BCUT2D eigenvalue weighted by Gasteiger charge is -2.15. The third kappa shape index (κ3) is 5.14. The molecule has 1 heterocycles. The fraction of sp³-hybridized carbons (Fsp3) is 0.192. The minimum Gasteiger partial charge on any atom is -0.340 e. The standard InChI is InChI=1S/C26H15F9N2/c1-14-7-21-22(6-5-17(12-36)23(21)26(33,34)35)37(14)13-15-3-2-4-16(8-15)18-9-19(24(27,28)29)11-20(10-18)25(30,31)32/h2-11H,13H2,1H3. The van der Waals surface area contributed by atoms with Crippen molar-refractivity contribution in [2.45, 2.75) is 32.0 Å². The first-order valence-corrected chi connectivity index (χ1v) is 10.6. The number of nitriles is 1. The van der Waals surface area contributed by atoms with Gasteiger partial charge >= 0.3 is 18.5 Å². The third-order valence-electron chi connectivity index (χ3n) is 5.88. The zero-order chi connectivity index (χ0) is 27.3. The average Bonchev–Trinajstić information content (AvgIpc) is 3.11. The second kappa shape index (κ2) is 8.87. The molecule has 4 rings (SSSR count). The summed E-state index contributed by atoms with van der Waals surface area (Å²) < 4.78 is 122. The fourth-order valence-corrected chi connectivity index (χ4v) is 4.23. The second-order valence-corrected chi connectivity index (χ2v) is 8.40. The van der Waals surface area contributed by atoms with Gasteiger partial charge in [0.25, 0.3) is 0 Å². The third-order valence-corrected chi connectivity index (χ3v) is 5.88. The van der Waals surface area contributed by atoms with E-state index in [4.69, 9.17) is 5.26 Å². The van der Waals surface area contributed by atoms with Gasteiger partial charge in [0.15, 0.2) is 0 Å². The smallest absolute Gasteiger partial charge is 0.340 e. The Kier molecular flexibility index (Phi) is 6.26. The van der Waals surface area contributed by atoms with E-state index in [1.807, 2.05) is 0 Å². The zero-order valence-corrected chi connectivity index (χ0v) is 18.8. The SMILES string of the molecule is Cc1cc2c(C(F)(F)F)c(C#N)ccc2n1Cc1cccc(-c2cc(C(F)(F)F)cc(C(F)(F)F)c2)c1. The van der Waals surface area contributed by atoms with E-state index in [9.17, 15) is 39.5 Å². The molecule has 0 saturated heterocycles. The number of fused-ring (bicyclic) bond motifs is 1. The summed E-state index contributed by atoms with van der Waals surface area (Å²) in [6.07, 6.45) is -14.8. The number of nitrogens with zero attached hydrogens (tertiary/aromatic N) is 2. The van der Waals surface area contributed by atoms with Crippen LogP contribution in [0.2, 0.25) is 0 Å². The summed E-state index contributed by atoms with van der Waals surface area (Å²) in [5.41, 5.74) is -3.74. The van der Waals surface area contributed by atoms with Crippen LogP contribution in [-0.4, -0.2) is 4.57 Å². The minimum absolute atomic E-state index is 0.0164. The molecule has 37 heavy (non-hydrogen) atoms.